The lowest BCUT2D eigenvalue weighted by molar-refractivity contribution is -0.115. The summed E-state index contributed by atoms with van der Waals surface area (Å²) < 4.78 is 5.03. The van der Waals surface area contributed by atoms with Crippen molar-refractivity contribution in [2.75, 3.05) is 5.32 Å². The Bertz CT molecular complexity index is 580. The minimum atomic E-state index is -0.186. The van der Waals surface area contributed by atoms with E-state index < -0.39 is 0 Å². The van der Waals surface area contributed by atoms with Gasteiger partial charge >= 0.3 is 0 Å². The summed E-state index contributed by atoms with van der Waals surface area (Å²) in [6.07, 6.45) is 1.00. The molecule has 7 heteroatoms. The highest BCUT2D eigenvalue weighted by Crippen LogP contribution is 2.13. The minimum Gasteiger partial charge on any atom is -0.361 e. The van der Waals surface area contributed by atoms with Crippen LogP contribution in [0.25, 0.3) is 0 Å². The standard InChI is InChI=1S/C13H19N5O2/c1-7(2)5-11-14-13(17-16-11)15-12(19)6-10-8(3)18-20-9(10)4/h7H,5-6H2,1-4H3,(H2,14,15,16,17,19). The second-order valence-electron chi connectivity index (χ2n) is 5.23. The van der Waals surface area contributed by atoms with Crippen LogP contribution < -0.4 is 5.32 Å². The van der Waals surface area contributed by atoms with Crippen molar-refractivity contribution in [2.24, 2.45) is 5.92 Å². The highest BCUT2D eigenvalue weighted by atomic mass is 16.5. The maximum Gasteiger partial charge on any atom is 0.248 e. The number of rotatable bonds is 5. The molecular weight excluding hydrogens is 258 g/mol. The van der Waals surface area contributed by atoms with Crippen LogP contribution in [-0.2, 0) is 17.6 Å². The molecule has 2 rings (SSSR count). The van der Waals surface area contributed by atoms with Gasteiger partial charge in [0.25, 0.3) is 0 Å². The summed E-state index contributed by atoms with van der Waals surface area (Å²) >= 11 is 0. The highest BCUT2D eigenvalue weighted by molar-refractivity contribution is 5.90. The van der Waals surface area contributed by atoms with Crippen molar-refractivity contribution < 1.29 is 9.32 Å². The molecule has 1 amide bonds. The molecule has 0 aromatic carbocycles. The quantitative estimate of drug-likeness (QED) is 0.868. The lowest BCUT2D eigenvalue weighted by atomic mass is 10.1. The molecule has 0 atom stereocenters. The molecule has 20 heavy (non-hydrogen) atoms. The van der Waals surface area contributed by atoms with Crippen LogP contribution in [0.2, 0.25) is 0 Å². The lowest BCUT2D eigenvalue weighted by Crippen LogP contribution is -2.16. The van der Waals surface area contributed by atoms with Gasteiger partial charge < -0.3 is 4.52 Å². The topological polar surface area (TPSA) is 96.7 Å². The van der Waals surface area contributed by atoms with Gasteiger partial charge in [-0.05, 0) is 19.8 Å². The van der Waals surface area contributed by atoms with Crippen molar-refractivity contribution in [2.45, 2.75) is 40.5 Å². The molecule has 7 nitrogen and oxygen atoms in total. The number of aromatic nitrogens is 4. The zero-order chi connectivity index (χ0) is 14.7. The number of nitrogens with zero attached hydrogens (tertiary/aromatic N) is 3. The SMILES string of the molecule is Cc1noc(C)c1CC(=O)Nc1n[nH]c(CC(C)C)n1. The third-order valence-electron chi connectivity index (χ3n) is 2.90. The molecule has 108 valence electrons. The van der Waals surface area contributed by atoms with Crippen LogP contribution in [0.3, 0.4) is 0 Å². The Morgan fingerprint density at radius 1 is 1.40 bits per heavy atom. The number of carbonyl (C=O) groups excluding carboxylic acids is 1. The summed E-state index contributed by atoms with van der Waals surface area (Å²) in [6.45, 7) is 7.79. The normalized spacial score (nSPS) is 11.1. The van der Waals surface area contributed by atoms with E-state index in [1.165, 1.54) is 0 Å². The summed E-state index contributed by atoms with van der Waals surface area (Å²) in [5.41, 5.74) is 1.54. The second-order valence-corrected chi connectivity index (χ2v) is 5.23. The van der Waals surface area contributed by atoms with Crippen molar-refractivity contribution in [3.8, 4) is 0 Å². The molecule has 0 saturated heterocycles. The van der Waals surface area contributed by atoms with Gasteiger partial charge in [-0.2, -0.15) is 4.98 Å². The summed E-state index contributed by atoms with van der Waals surface area (Å²) in [4.78, 5) is 16.2. The molecular formula is C13H19N5O2. The van der Waals surface area contributed by atoms with Crippen LogP contribution in [0.15, 0.2) is 4.52 Å². The van der Waals surface area contributed by atoms with E-state index in [-0.39, 0.29) is 12.3 Å². The Balaban J connectivity index is 1.96. The van der Waals surface area contributed by atoms with E-state index >= 15 is 0 Å². The summed E-state index contributed by atoms with van der Waals surface area (Å²) in [5, 5.41) is 13.3. The first-order valence-corrected chi connectivity index (χ1v) is 6.58. The molecule has 0 saturated carbocycles. The van der Waals surface area contributed by atoms with Crippen LogP contribution in [0.1, 0.15) is 36.7 Å². The van der Waals surface area contributed by atoms with E-state index in [0.717, 1.165) is 23.5 Å². The van der Waals surface area contributed by atoms with Crippen LogP contribution in [0, 0.1) is 19.8 Å². The average Bonchev–Trinajstić information content (AvgIpc) is 2.90. The number of amides is 1. The molecule has 0 bridgehead atoms. The Kier molecular flexibility index (Phi) is 4.16. The van der Waals surface area contributed by atoms with E-state index in [1.807, 2.05) is 6.92 Å². The molecule has 0 spiro atoms. The third-order valence-corrected chi connectivity index (χ3v) is 2.90. The van der Waals surface area contributed by atoms with Crippen LogP contribution in [-0.4, -0.2) is 26.2 Å². The van der Waals surface area contributed by atoms with Crippen molar-refractivity contribution in [3.63, 3.8) is 0 Å². The van der Waals surface area contributed by atoms with Gasteiger partial charge in [-0.1, -0.05) is 19.0 Å². The predicted octanol–water partition coefficient (Wildman–Crippen LogP) is 1.79. The summed E-state index contributed by atoms with van der Waals surface area (Å²) in [7, 11) is 0. The first kappa shape index (κ1) is 14.2. The molecule has 0 unspecified atom stereocenters. The largest absolute Gasteiger partial charge is 0.361 e. The van der Waals surface area contributed by atoms with E-state index in [2.05, 4.69) is 39.5 Å². The van der Waals surface area contributed by atoms with E-state index in [4.69, 9.17) is 4.52 Å². The number of hydrogen-bond donors (Lipinski definition) is 2. The average molecular weight is 277 g/mol. The number of carbonyl (C=O) groups is 1. The molecule has 0 aliphatic heterocycles. The van der Waals surface area contributed by atoms with Gasteiger partial charge in [-0.15, -0.1) is 5.10 Å². The van der Waals surface area contributed by atoms with E-state index in [1.54, 1.807) is 6.92 Å². The maximum atomic E-state index is 11.9. The van der Waals surface area contributed by atoms with Crippen LogP contribution >= 0.6 is 0 Å². The summed E-state index contributed by atoms with van der Waals surface area (Å²) in [5.74, 6) is 2.03. The molecule has 0 aliphatic rings. The van der Waals surface area contributed by atoms with Crippen LogP contribution in [0.4, 0.5) is 5.95 Å². The van der Waals surface area contributed by atoms with Gasteiger partial charge in [0.15, 0.2) is 0 Å². The fourth-order valence-electron chi connectivity index (χ4n) is 1.91. The molecule has 2 heterocycles. The van der Waals surface area contributed by atoms with Crippen molar-refractivity contribution >= 4 is 11.9 Å². The predicted molar refractivity (Wildman–Crippen MR) is 73.2 cm³/mol. The fourth-order valence-corrected chi connectivity index (χ4v) is 1.91. The van der Waals surface area contributed by atoms with Crippen molar-refractivity contribution in [1.82, 2.24) is 20.3 Å². The zero-order valence-corrected chi connectivity index (χ0v) is 12.1. The first-order valence-electron chi connectivity index (χ1n) is 6.58. The van der Waals surface area contributed by atoms with Crippen molar-refractivity contribution in [3.05, 3.63) is 22.8 Å². The molecule has 0 aliphatic carbocycles. The first-order chi connectivity index (χ1) is 9.45. The smallest absolute Gasteiger partial charge is 0.248 e. The van der Waals surface area contributed by atoms with Crippen molar-refractivity contribution in [1.29, 1.82) is 0 Å². The minimum absolute atomic E-state index is 0.186. The number of H-pyrrole nitrogens is 1. The van der Waals surface area contributed by atoms with Gasteiger partial charge in [0.1, 0.15) is 11.6 Å². The second kappa shape index (κ2) is 5.85. The maximum absolute atomic E-state index is 11.9. The van der Waals surface area contributed by atoms with Gasteiger partial charge in [-0.3, -0.25) is 15.2 Å². The zero-order valence-electron chi connectivity index (χ0n) is 12.1. The highest BCUT2D eigenvalue weighted by Gasteiger charge is 2.15. The van der Waals surface area contributed by atoms with E-state index in [0.29, 0.717) is 17.6 Å². The molecule has 2 aromatic heterocycles. The molecule has 0 radical (unpaired) electrons. The van der Waals surface area contributed by atoms with Gasteiger partial charge in [0.05, 0.1) is 12.1 Å². The van der Waals surface area contributed by atoms with Gasteiger partial charge in [-0.25, -0.2) is 0 Å². The van der Waals surface area contributed by atoms with Crippen LogP contribution in [0.5, 0.6) is 0 Å². The lowest BCUT2D eigenvalue weighted by Gasteiger charge is -2.00. The fraction of sp³-hybridized carbons (Fsp3) is 0.538. The Labute approximate surface area is 117 Å². The number of aromatic amines is 1. The molecule has 2 aromatic rings. The third kappa shape index (κ3) is 3.43. The van der Waals surface area contributed by atoms with Gasteiger partial charge in [0, 0.05) is 12.0 Å². The molecule has 2 N–H and O–H groups in total. The molecule has 0 fully saturated rings. The van der Waals surface area contributed by atoms with Gasteiger partial charge in [0.2, 0.25) is 11.9 Å². The number of hydrogen-bond acceptors (Lipinski definition) is 5. The number of nitrogens with one attached hydrogen (secondary N) is 2. The number of anilines is 1. The Morgan fingerprint density at radius 3 is 2.75 bits per heavy atom. The monoisotopic (exact) mass is 277 g/mol. The Hall–Kier alpha value is -2.18. The van der Waals surface area contributed by atoms with E-state index in [9.17, 15) is 4.79 Å². The number of aryl methyl sites for hydroxylation is 2. The Morgan fingerprint density at radius 2 is 2.15 bits per heavy atom. The summed E-state index contributed by atoms with van der Waals surface area (Å²) in [6, 6.07) is 0.